The molecule has 0 aromatic rings. The molecule has 1 atom stereocenters. The molecule has 0 bridgehead atoms. The molecule has 1 rings (SSSR count). The largest absolute Gasteiger partial charge is 0.383 e. The zero-order valence-corrected chi connectivity index (χ0v) is 10.3. The third-order valence-corrected chi connectivity index (χ3v) is 3.13. The number of nitrogens with zero attached hydrogens (tertiary/aromatic N) is 2. The second kappa shape index (κ2) is 7.17. The van der Waals surface area contributed by atoms with E-state index < -0.39 is 0 Å². The highest BCUT2D eigenvalue weighted by molar-refractivity contribution is 4.76. The Balaban J connectivity index is 2.02. The molecule has 0 spiro atoms. The first-order valence-electron chi connectivity index (χ1n) is 5.86. The van der Waals surface area contributed by atoms with E-state index in [1.807, 2.05) is 0 Å². The van der Waals surface area contributed by atoms with Crippen molar-refractivity contribution in [1.82, 2.24) is 15.1 Å². The molecule has 1 N–H and O–H groups in total. The molecule has 0 aromatic heterocycles. The summed E-state index contributed by atoms with van der Waals surface area (Å²) in [5.41, 5.74) is 0. The summed E-state index contributed by atoms with van der Waals surface area (Å²) in [5.74, 6) is 0. The Morgan fingerprint density at radius 2 is 2.13 bits per heavy atom. The summed E-state index contributed by atoms with van der Waals surface area (Å²) in [5, 5.41) is 3.38. The first-order chi connectivity index (χ1) is 7.24. The molecule has 15 heavy (non-hydrogen) atoms. The maximum Gasteiger partial charge on any atom is 0.0587 e. The molecular formula is C11H25N3O. The minimum absolute atomic E-state index is 0.692. The first-order valence-corrected chi connectivity index (χ1v) is 5.86. The van der Waals surface area contributed by atoms with E-state index in [0.29, 0.717) is 6.04 Å². The fourth-order valence-electron chi connectivity index (χ4n) is 1.86. The average Bonchev–Trinajstić information content (AvgIpc) is 2.23. The molecule has 0 aromatic carbocycles. The lowest BCUT2D eigenvalue weighted by atomic mass is 10.2. The van der Waals surface area contributed by atoms with E-state index >= 15 is 0 Å². The Bertz CT molecular complexity index is 166. The Labute approximate surface area is 93.6 Å². The number of hydrogen-bond acceptors (Lipinski definition) is 4. The van der Waals surface area contributed by atoms with Gasteiger partial charge in [-0.1, -0.05) is 0 Å². The number of piperazine rings is 1. The van der Waals surface area contributed by atoms with Gasteiger partial charge < -0.3 is 15.0 Å². The molecule has 4 heteroatoms. The fourth-order valence-corrected chi connectivity index (χ4v) is 1.86. The average molecular weight is 215 g/mol. The predicted octanol–water partition coefficient (Wildman–Crippen LogP) is -0.142. The Kier molecular flexibility index (Phi) is 6.17. The quantitative estimate of drug-likeness (QED) is 0.624. The molecule has 1 unspecified atom stereocenters. The molecule has 1 heterocycles. The van der Waals surface area contributed by atoms with E-state index in [-0.39, 0.29) is 0 Å². The molecule has 0 amide bonds. The van der Waals surface area contributed by atoms with Crippen LogP contribution < -0.4 is 5.32 Å². The van der Waals surface area contributed by atoms with E-state index in [2.05, 4.69) is 29.1 Å². The lowest BCUT2D eigenvalue weighted by Crippen LogP contribution is -2.51. The number of nitrogens with one attached hydrogen (secondary N) is 1. The summed E-state index contributed by atoms with van der Waals surface area (Å²) in [6, 6.07) is 0.692. The molecule has 1 saturated heterocycles. The fraction of sp³-hybridized carbons (Fsp3) is 1.00. The summed E-state index contributed by atoms with van der Waals surface area (Å²) >= 11 is 0. The summed E-state index contributed by atoms with van der Waals surface area (Å²) in [6.45, 7) is 9.87. The standard InChI is InChI=1S/C11H25N3O/c1-11-10-14(8-7-13(11)2)6-4-12-5-9-15-3/h11-12H,4-10H2,1-3H3. The van der Waals surface area contributed by atoms with Crippen molar-refractivity contribution in [1.29, 1.82) is 0 Å². The molecule has 1 aliphatic heterocycles. The van der Waals surface area contributed by atoms with E-state index in [1.54, 1.807) is 7.11 Å². The monoisotopic (exact) mass is 215 g/mol. The summed E-state index contributed by atoms with van der Waals surface area (Å²) in [7, 11) is 3.95. The van der Waals surface area contributed by atoms with Crippen LogP contribution >= 0.6 is 0 Å². The second-order valence-corrected chi connectivity index (χ2v) is 4.37. The van der Waals surface area contributed by atoms with Crippen LogP contribution in [-0.4, -0.2) is 75.9 Å². The lowest BCUT2D eigenvalue weighted by Gasteiger charge is -2.37. The number of methoxy groups -OCH3 is 1. The molecular weight excluding hydrogens is 190 g/mol. The van der Waals surface area contributed by atoms with Crippen molar-refractivity contribution in [3.05, 3.63) is 0 Å². The van der Waals surface area contributed by atoms with Crippen LogP contribution in [0.4, 0.5) is 0 Å². The Morgan fingerprint density at radius 3 is 2.80 bits per heavy atom. The molecule has 4 nitrogen and oxygen atoms in total. The van der Waals surface area contributed by atoms with Crippen molar-refractivity contribution in [3.63, 3.8) is 0 Å². The van der Waals surface area contributed by atoms with E-state index in [0.717, 1.165) is 26.2 Å². The smallest absolute Gasteiger partial charge is 0.0587 e. The molecule has 0 aliphatic carbocycles. The third kappa shape index (κ3) is 4.93. The van der Waals surface area contributed by atoms with Gasteiger partial charge in [0.25, 0.3) is 0 Å². The van der Waals surface area contributed by atoms with E-state index in [1.165, 1.54) is 19.6 Å². The van der Waals surface area contributed by atoms with Crippen LogP contribution in [0.3, 0.4) is 0 Å². The van der Waals surface area contributed by atoms with Gasteiger partial charge in [0.05, 0.1) is 6.61 Å². The highest BCUT2D eigenvalue weighted by atomic mass is 16.5. The van der Waals surface area contributed by atoms with Gasteiger partial charge in [0, 0.05) is 52.4 Å². The molecule has 1 aliphatic rings. The third-order valence-electron chi connectivity index (χ3n) is 3.13. The highest BCUT2D eigenvalue weighted by Crippen LogP contribution is 2.05. The minimum Gasteiger partial charge on any atom is -0.383 e. The van der Waals surface area contributed by atoms with Gasteiger partial charge in [0.1, 0.15) is 0 Å². The van der Waals surface area contributed by atoms with Crippen LogP contribution in [0.2, 0.25) is 0 Å². The maximum atomic E-state index is 4.98. The normalized spacial score (nSPS) is 24.6. The van der Waals surface area contributed by atoms with E-state index in [4.69, 9.17) is 4.74 Å². The van der Waals surface area contributed by atoms with Gasteiger partial charge in [0.15, 0.2) is 0 Å². The van der Waals surface area contributed by atoms with Crippen LogP contribution in [0.1, 0.15) is 6.92 Å². The van der Waals surface area contributed by atoms with Crippen molar-refractivity contribution >= 4 is 0 Å². The SMILES string of the molecule is COCCNCCN1CCN(C)C(C)C1. The highest BCUT2D eigenvalue weighted by Gasteiger charge is 2.19. The van der Waals surface area contributed by atoms with Crippen molar-refractivity contribution in [3.8, 4) is 0 Å². The minimum atomic E-state index is 0.692. The van der Waals surface area contributed by atoms with Gasteiger partial charge in [0.2, 0.25) is 0 Å². The van der Waals surface area contributed by atoms with Crippen molar-refractivity contribution < 1.29 is 4.74 Å². The van der Waals surface area contributed by atoms with Crippen LogP contribution in [0, 0.1) is 0 Å². The van der Waals surface area contributed by atoms with Gasteiger partial charge in [-0.3, -0.25) is 4.90 Å². The van der Waals surface area contributed by atoms with Gasteiger partial charge in [-0.05, 0) is 14.0 Å². The van der Waals surface area contributed by atoms with Crippen molar-refractivity contribution in [2.75, 3.05) is 60.0 Å². The van der Waals surface area contributed by atoms with Gasteiger partial charge >= 0.3 is 0 Å². The summed E-state index contributed by atoms with van der Waals surface area (Å²) in [4.78, 5) is 4.96. The molecule has 0 radical (unpaired) electrons. The van der Waals surface area contributed by atoms with Crippen molar-refractivity contribution in [2.24, 2.45) is 0 Å². The maximum absolute atomic E-state index is 4.98. The second-order valence-electron chi connectivity index (χ2n) is 4.37. The molecule has 1 fully saturated rings. The van der Waals surface area contributed by atoms with Crippen LogP contribution in [-0.2, 0) is 4.74 Å². The van der Waals surface area contributed by atoms with Crippen molar-refractivity contribution in [2.45, 2.75) is 13.0 Å². The zero-order valence-electron chi connectivity index (χ0n) is 10.3. The topological polar surface area (TPSA) is 27.7 Å². The van der Waals surface area contributed by atoms with E-state index in [9.17, 15) is 0 Å². The first kappa shape index (κ1) is 12.9. The zero-order chi connectivity index (χ0) is 11.1. The number of rotatable bonds is 6. The van der Waals surface area contributed by atoms with Crippen LogP contribution in [0.25, 0.3) is 0 Å². The predicted molar refractivity (Wildman–Crippen MR) is 63.3 cm³/mol. The van der Waals surface area contributed by atoms with Gasteiger partial charge in [-0.15, -0.1) is 0 Å². The van der Waals surface area contributed by atoms with Crippen LogP contribution in [0.15, 0.2) is 0 Å². The van der Waals surface area contributed by atoms with Gasteiger partial charge in [-0.25, -0.2) is 0 Å². The number of ether oxygens (including phenoxy) is 1. The number of likely N-dealkylation sites (N-methyl/N-ethyl adjacent to an activating group) is 1. The molecule has 0 saturated carbocycles. The molecule has 90 valence electrons. The Hall–Kier alpha value is -0.160. The van der Waals surface area contributed by atoms with Crippen LogP contribution in [0.5, 0.6) is 0 Å². The number of hydrogen-bond donors (Lipinski definition) is 1. The lowest BCUT2D eigenvalue weighted by molar-refractivity contribution is 0.105. The van der Waals surface area contributed by atoms with Gasteiger partial charge in [-0.2, -0.15) is 0 Å². The Morgan fingerprint density at radius 1 is 1.33 bits per heavy atom. The summed E-state index contributed by atoms with van der Waals surface area (Å²) in [6.07, 6.45) is 0. The summed E-state index contributed by atoms with van der Waals surface area (Å²) < 4.78 is 4.98.